The number of esters is 1. The number of amides is 1. The highest BCUT2D eigenvalue weighted by Crippen LogP contribution is 2.41. The number of hydrogen-bond donors (Lipinski definition) is 2. The SMILES string of the molecule is COC(=O)C1=C(C2CCC(NC(C)=O)C2)NC(c2nccs2)=NC1c1cccc(F)c1Cl. The number of carbonyl (C=O) groups is 2. The van der Waals surface area contributed by atoms with Gasteiger partial charge in [0.2, 0.25) is 5.91 Å². The zero-order valence-corrected chi connectivity index (χ0v) is 19.1. The van der Waals surface area contributed by atoms with Gasteiger partial charge in [0, 0.05) is 41.7 Å². The van der Waals surface area contributed by atoms with Crippen LogP contribution in [0.5, 0.6) is 0 Å². The van der Waals surface area contributed by atoms with Crippen molar-refractivity contribution in [2.45, 2.75) is 38.3 Å². The Labute approximate surface area is 193 Å². The molecule has 1 fully saturated rings. The highest BCUT2D eigenvalue weighted by molar-refractivity contribution is 7.11. The first kappa shape index (κ1) is 22.4. The second-order valence-corrected chi connectivity index (χ2v) is 8.98. The molecule has 2 heterocycles. The van der Waals surface area contributed by atoms with Gasteiger partial charge in [-0.25, -0.2) is 14.2 Å². The number of allylic oxidation sites excluding steroid dienone is 1. The lowest BCUT2D eigenvalue weighted by molar-refractivity contribution is -0.136. The van der Waals surface area contributed by atoms with Crippen molar-refractivity contribution in [2.75, 3.05) is 7.11 Å². The van der Waals surface area contributed by atoms with E-state index in [2.05, 4.69) is 15.6 Å². The monoisotopic (exact) mass is 476 g/mol. The number of halogens is 2. The summed E-state index contributed by atoms with van der Waals surface area (Å²) in [5.41, 5.74) is 1.31. The van der Waals surface area contributed by atoms with E-state index in [-0.39, 0.29) is 28.5 Å². The minimum atomic E-state index is -0.861. The molecule has 0 spiro atoms. The smallest absolute Gasteiger partial charge is 0.338 e. The number of rotatable bonds is 5. The molecule has 0 radical (unpaired) electrons. The van der Waals surface area contributed by atoms with Crippen LogP contribution in [-0.2, 0) is 14.3 Å². The summed E-state index contributed by atoms with van der Waals surface area (Å²) in [7, 11) is 1.30. The van der Waals surface area contributed by atoms with E-state index in [0.717, 1.165) is 12.8 Å². The van der Waals surface area contributed by atoms with E-state index in [9.17, 15) is 14.0 Å². The van der Waals surface area contributed by atoms with Crippen molar-refractivity contribution in [2.24, 2.45) is 10.9 Å². The first-order valence-corrected chi connectivity index (χ1v) is 11.4. The third kappa shape index (κ3) is 4.40. The molecule has 2 N–H and O–H groups in total. The molecule has 3 unspecified atom stereocenters. The predicted molar refractivity (Wildman–Crippen MR) is 120 cm³/mol. The zero-order valence-electron chi connectivity index (χ0n) is 17.5. The molecule has 1 amide bonds. The highest BCUT2D eigenvalue weighted by Gasteiger charge is 2.39. The summed E-state index contributed by atoms with van der Waals surface area (Å²) < 4.78 is 19.4. The van der Waals surface area contributed by atoms with E-state index in [1.165, 1.54) is 37.5 Å². The van der Waals surface area contributed by atoms with E-state index in [1.807, 2.05) is 5.38 Å². The molecule has 1 aliphatic heterocycles. The molecule has 1 aromatic heterocycles. The van der Waals surface area contributed by atoms with Crippen LogP contribution in [0.4, 0.5) is 4.39 Å². The van der Waals surface area contributed by atoms with Gasteiger partial charge in [-0.3, -0.25) is 9.79 Å². The lowest BCUT2D eigenvalue weighted by Gasteiger charge is -2.30. The van der Waals surface area contributed by atoms with Crippen LogP contribution >= 0.6 is 22.9 Å². The molecule has 7 nitrogen and oxygen atoms in total. The Morgan fingerprint density at radius 1 is 1.34 bits per heavy atom. The minimum Gasteiger partial charge on any atom is -0.466 e. The molecule has 2 aliphatic rings. The fourth-order valence-electron chi connectivity index (χ4n) is 4.29. The molecule has 1 saturated carbocycles. The molecule has 1 aliphatic carbocycles. The third-order valence-electron chi connectivity index (χ3n) is 5.64. The number of amidine groups is 1. The van der Waals surface area contributed by atoms with Gasteiger partial charge in [-0.2, -0.15) is 0 Å². The van der Waals surface area contributed by atoms with Crippen molar-refractivity contribution in [3.63, 3.8) is 0 Å². The second kappa shape index (κ2) is 9.38. The second-order valence-electron chi connectivity index (χ2n) is 7.71. The average Bonchev–Trinajstić information content (AvgIpc) is 3.46. The number of carbonyl (C=O) groups excluding carboxylic acids is 2. The van der Waals surface area contributed by atoms with Crippen LogP contribution in [0.2, 0.25) is 5.02 Å². The highest BCUT2D eigenvalue weighted by atomic mass is 35.5. The largest absolute Gasteiger partial charge is 0.466 e. The van der Waals surface area contributed by atoms with Gasteiger partial charge in [-0.1, -0.05) is 23.7 Å². The van der Waals surface area contributed by atoms with Crippen LogP contribution in [0, 0.1) is 11.7 Å². The molecular formula is C22H22ClFN4O3S. The van der Waals surface area contributed by atoms with Crippen molar-refractivity contribution in [1.82, 2.24) is 15.6 Å². The van der Waals surface area contributed by atoms with Crippen LogP contribution in [-0.4, -0.2) is 35.8 Å². The number of hydrogen-bond acceptors (Lipinski definition) is 7. The fourth-order valence-corrected chi connectivity index (χ4v) is 5.11. The van der Waals surface area contributed by atoms with E-state index in [4.69, 9.17) is 21.3 Å². The average molecular weight is 477 g/mol. The summed E-state index contributed by atoms with van der Waals surface area (Å²) in [6, 6.07) is 3.59. The Kier molecular flexibility index (Phi) is 6.57. The molecule has 4 rings (SSSR count). The van der Waals surface area contributed by atoms with E-state index in [1.54, 1.807) is 12.3 Å². The number of thiazole rings is 1. The Balaban J connectivity index is 1.83. The number of aliphatic imine (C=N–C) groups is 1. The molecule has 32 heavy (non-hydrogen) atoms. The van der Waals surface area contributed by atoms with Crippen molar-refractivity contribution in [1.29, 1.82) is 0 Å². The molecule has 10 heteroatoms. The first-order chi connectivity index (χ1) is 15.4. The summed E-state index contributed by atoms with van der Waals surface area (Å²) in [4.78, 5) is 33.5. The van der Waals surface area contributed by atoms with Gasteiger partial charge in [0.05, 0.1) is 17.7 Å². The number of ether oxygens (including phenoxy) is 1. The van der Waals surface area contributed by atoms with Gasteiger partial charge in [0.15, 0.2) is 10.8 Å². The maximum Gasteiger partial charge on any atom is 0.338 e. The maximum atomic E-state index is 14.3. The number of methoxy groups -OCH3 is 1. The van der Waals surface area contributed by atoms with Crippen molar-refractivity contribution in [3.05, 3.63) is 62.5 Å². The lowest BCUT2D eigenvalue weighted by atomic mass is 9.89. The Morgan fingerprint density at radius 2 is 2.16 bits per heavy atom. The first-order valence-electron chi connectivity index (χ1n) is 10.2. The molecule has 0 saturated heterocycles. The van der Waals surface area contributed by atoms with Gasteiger partial charge >= 0.3 is 5.97 Å². The Morgan fingerprint density at radius 3 is 2.84 bits per heavy atom. The Hall–Kier alpha value is -2.78. The maximum absolute atomic E-state index is 14.3. The molecule has 0 bridgehead atoms. The number of benzene rings is 1. The predicted octanol–water partition coefficient (Wildman–Crippen LogP) is 3.76. The van der Waals surface area contributed by atoms with Crippen LogP contribution in [0.15, 0.2) is 46.0 Å². The lowest BCUT2D eigenvalue weighted by Crippen LogP contribution is -2.37. The van der Waals surface area contributed by atoms with Gasteiger partial charge in [-0.05, 0) is 25.3 Å². The standard InChI is InChI=1S/C22H22ClFN4O3S/c1-11(29)26-13-7-6-12(10-13)18-16(22(30)31-2)19(14-4-3-5-15(24)17(14)23)28-20(27-18)21-25-8-9-32-21/h3-5,8-9,12-13,19H,6-7,10H2,1-2H3,(H,26,29)(H,27,28). The number of aromatic nitrogens is 1. The van der Waals surface area contributed by atoms with Crippen molar-refractivity contribution in [3.8, 4) is 0 Å². The summed E-state index contributed by atoms with van der Waals surface area (Å²) in [5, 5.41) is 8.62. The molecular weight excluding hydrogens is 455 g/mol. The minimum absolute atomic E-state index is 0.00378. The van der Waals surface area contributed by atoms with E-state index in [0.29, 0.717) is 28.5 Å². The number of nitrogens with zero attached hydrogens (tertiary/aromatic N) is 2. The third-order valence-corrected chi connectivity index (χ3v) is 6.82. The summed E-state index contributed by atoms with van der Waals surface area (Å²) >= 11 is 7.70. The summed E-state index contributed by atoms with van der Waals surface area (Å²) in [6.45, 7) is 1.49. The zero-order chi connectivity index (χ0) is 22.8. The van der Waals surface area contributed by atoms with Gasteiger partial charge in [-0.15, -0.1) is 11.3 Å². The van der Waals surface area contributed by atoms with Crippen molar-refractivity contribution < 1.29 is 18.7 Å². The van der Waals surface area contributed by atoms with Crippen LogP contribution in [0.3, 0.4) is 0 Å². The van der Waals surface area contributed by atoms with Crippen molar-refractivity contribution >= 4 is 40.6 Å². The van der Waals surface area contributed by atoms with E-state index < -0.39 is 17.8 Å². The fraction of sp³-hybridized carbons (Fsp3) is 0.364. The molecule has 3 atom stereocenters. The molecule has 1 aromatic carbocycles. The molecule has 168 valence electrons. The quantitative estimate of drug-likeness (QED) is 0.641. The summed E-state index contributed by atoms with van der Waals surface area (Å²) in [5.74, 6) is -0.824. The van der Waals surface area contributed by atoms with Crippen LogP contribution in [0.1, 0.15) is 42.8 Å². The van der Waals surface area contributed by atoms with Gasteiger partial charge < -0.3 is 15.4 Å². The summed E-state index contributed by atoms with van der Waals surface area (Å²) in [6.07, 6.45) is 3.84. The van der Waals surface area contributed by atoms with Gasteiger partial charge in [0.1, 0.15) is 11.9 Å². The Bertz CT molecular complexity index is 1100. The number of nitrogens with one attached hydrogen (secondary N) is 2. The van der Waals surface area contributed by atoms with Gasteiger partial charge in [0.25, 0.3) is 0 Å². The van der Waals surface area contributed by atoms with Crippen LogP contribution in [0.25, 0.3) is 0 Å². The van der Waals surface area contributed by atoms with Crippen LogP contribution < -0.4 is 10.6 Å². The normalized spacial score (nSPS) is 22.9. The topological polar surface area (TPSA) is 92.7 Å². The van der Waals surface area contributed by atoms with E-state index >= 15 is 0 Å². The molecule has 2 aromatic rings.